The molecule has 1 N–H and O–H groups in total. The Morgan fingerprint density at radius 3 is 2.20 bits per heavy atom. The second-order valence-electron chi connectivity index (χ2n) is 5.19. The normalized spacial score (nSPS) is 12.0. The Hall–Kier alpha value is -1.60. The molecule has 1 aromatic carbocycles. The van der Waals surface area contributed by atoms with Crippen LogP contribution < -0.4 is 9.46 Å². The van der Waals surface area contributed by atoms with Crippen LogP contribution >= 0.6 is 0 Å². The minimum Gasteiger partial charge on any atom is -0.482 e. The predicted octanol–water partition coefficient (Wildman–Crippen LogP) is 1.32. The van der Waals surface area contributed by atoms with Gasteiger partial charge in [0, 0.05) is 5.54 Å². The van der Waals surface area contributed by atoms with E-state index in [4.69, 9.17) is 4.74 Å². The second-order valence-corrected chi connectivity index (χ2v) is 6.87. The maximum atomic E-state index is 12.0. The van der Waals surface area contributed by atoms with Crippen molar-refractivity contribution in [1.82, 2.24) is 4.72 Å². The highest BCUT2D eigenvalue weighted by Crippen LogP contribution is 2.17. The maximum Gasteiger partial charge on any atom is 0.343 e. The van der Waals surface area contributed by atoms with Crippen molar-refractivity contribution in [3.05, 3.63) is 24.3 Å². The molecule has 0 atom stereocenters. The summed E-state index contributed by atoms with van der Waals surface area (Å²) in [5.74, 6) is -0.110. The molecular weight excluding hydrogens is 282 g/mol. The van der Waals surface area contributed by atoms with Gasteiger partial charge in [-0.05, 0) is 45.0 Å². The molecule has 0 unspecified atom stereocenters. The molecule has 0 aromatic heterocycles. The minimum atomic E-state index is -3.57. The molecule has 1 rings (SSSR count). The molecule has 0 aliphatic carbocycles. The van der Waals surface area contributed by atoms with E-state index in [9.17, 15) is 13.2 Å². The zero-order valence-electron chi connectivity index (χ0n) is 12.0. The average molecular weight is 301 g/mol. The largest absolute Gasteiger partial charge is 0.482 e. The number of ether oxygens (including phenoxy) is 2. The summed E-state index contributed by atoms with van der Waals surface area (Å²) in [6.45, 7) is 5.07. The molecule has 0 heterocycles. The van der Waals surface area contributed by atoms with Gasteiger partial charge in [0.2, 0.25) is 10.0 Å². The topological polar surface area (TPSA) is 81.7 Å². The van der Waals surface area contributed by atoms with E-state index in [0.717, 1.165) is 0 Å². The first-order valence-corrected chi connectivity index (χ1v) is 7.46. The summed E-state index contributed by atoms with van der Waals surface area (Å²) in [6, 6.07) is 5.81. The lowest BCUT2D eigenvalue weighted by molar-refractivity contribution is -0.142. The third-order valence-electron chi connectivity index (χ3n) is 2.16. The third kappa shape index (κ3) is 5.18. The van der Waals surface area contributed by atoms with Crippen LogP contribution in [0, 0.1) is 0 Å². The van der Waals surface area contributed by atoms with Gasteiger partial charge in [0.05, 0.1) is 12.0 Å². The van der Waals surface area contributed by atoms with E-state index in [1.807, 2.05) is 0 Å². The molecule has 0 aliphatic rings. The summed E-state index contributed by atoms with van der Waals surface area (Å²) in [5.41, 5.74) is -0.557. The van der Waals surface area contributed by atoms with Gasteiger partial charge in [-0.2, -0.15) is 0 Å². The quantitative estimate of drug-likeness (QED) is 0.829. The van der Waals surface area contributed by atoms with Crippen LogP contribution in [0.4, 0.5) is 0 Å². The molecule has 6 nitrogen and oxygen atoms in total. The van der Waals surface area contributed by atoms with Crippen LogP contribution in [-0.2, 0) is 19.6 Å². The van der Waals surface area contributed by atoms with Gasteiger partial charge in [-0.1, -0.05) is 0 Å². The number of esters is 1. The van der Waals surface area contributed by atoms with Gasteiger partial charge in [-0.3, -0.25) is 0 Å². The number of benzene rings is 1. The third-order valence-corrected chi connectivity index (χ3v) is 3.93. The Labute approximate surface area is 119 Å². The van der Waals surface area contributed by atoms with Crippen molar-refractivity contribution in [3.8, 4) is 5.75 Å². The molecule has 112 valence electrons. The Kier molecular flexibility index (Phi) is 5.13. The van der Waals surface area contributed by atoms with Crippen LogP contribution in [0.15, 0.2) is 29.2 Å². The monoisotopic (exact) mass is 301 g/mol. The fourth-order valence-electron chi connectivity index (χ4n) is 1.38. The van der Waals surface area contributed by atoms with Crippen LogP contribution in [-0.4, -0.2) is 33.6 Å². The highest BCUT2D eigenvalue weighted by molar-refractivity contribution is 7.89. The second kappa shape index (κ2) is 6.23. The molecule has 0 radical (unpaired) electrons. The number of carbonyl (C=O) groups is 1. The van der Waals surface area contributed by atoms with Gasteiger partial charge in [0.15, 0.2) is 6.61 Å². The van der Waals surface area contributed by atoms with Crippen molar-refractivity contribution in [1.29, 1.82) is 0 Å². The molecule has 0 amide bonds. The molecule has 0 saturated carbocycles. The predicted molar refractivity (Wildman–Crippen MR) is 74.0 cm³/mol. The molecule has 0 fully saturated rings. The highest BCUT2D eigenvalue weighted by atomic mass is 32.2. The molecule has 20 heavy (non-hydrogen) atoms. The van der Waals surface area contributed by atoms with Crippen LogP contribution in [0.25, 0.3) is 0 Å². The number of hydrogen-bond acceptors (Lipinski definition) is 5. The molecule has 0 aliphatic heterocycles. The van der Waals surface area contributed by atoms with Gasteiger partial charge < -0.3 is 9.47 Å². The number of carbonyl (C=O) groups excluding carboxylic acids is 1. The smallest absolute Gasteiger partial charge is 0.343 e. The molecule has 0 bridgehead atoms. The average Bonchev–Trinajstić information content (AvgIpc) is 2.33. The number of nitrogens with one attached hydrogen (secondary N) is 1. The zero-order chi connectivity index (χ0) is 15.4. The number of rotatable bonds is 5. The van der Waals surface area contributed by atoms with E-state index < -0.39 is 21.5 Å². The van der Waals surface area contributed by atoms with E-state index in [1.165, 1.54) is 31.4 Å². The summed E-state index contributed by atoms with van der Waals surface area (Å²) >= 11 is 0. The van der Waals surface area contributed by atoms with E-state index in [0.29, 0.717) is 5.75 Å². The Bertz CT molecular complexity index is 557. The van der Waals surface area contributed by atoms with Crippen molar-refractivity contribution in [2.45, 2.75) is 31.2 Å². The number of sulfonamides is 1. The zero-order valence-corrected chi connectivity index (χ0v) is 12.8. The summed E-state index contributed by atoms with van der Waals surface area (Å²) in [7, 11) is -2.30. The standard InChI is InChI=1S/C13H19NO5S/c1-13(2,3)14-20(16,17)11-7-5-10(6-8-11)19-9-12(15)18-4/h5-8,14H,9H2,1-4H3. The molecule has 1 aromatic rings. The summed E-state index contributed by atoms with van der Waals surface area (Å²) < 4.78 is 36.2. The highest BCUT2D eigenvalue weighted by Gasteiger charge is 2.21. The van der Waals surface area contributed by atoms with Crippen LogP contribution in [0.2, 0.25) is 0 Å². The number of methoxy groups -OCH3 is 1. The van der Waals surface area contributed by atoms with Crippen molar-refractivity contribution in [2.24, 2.45) is 0 Å². The van der Waals surface area contributed by atoms with E-state index in [-0.39, 0.29) is 11.5 Å². The van der Waals surface area contributed by atoms with Gasteiger partial charge in [-0.15, -0.1) is 0 Å². The fourth-order valence-corrected chi connectivity index (χ4v) is 2.80. The molecule has 0 spiro atoms. The SMILES string of the molecule is COC(=O)COc1ccc(S(=O)(=O)NC(C)(C)C)cc1. The Balaban J connectivity index is 2.78. The van der Waals surface area contributed by atoms with Gasteiger partial charge in [0.25, 0.3) is 0 Å². The first kappa shape index (κ1) is 16.5. The maximum absolute atomic E-state index is 12.0. The van der Waals surface area contributed by atoms with E-state index >= 15 is 0 Å². The van der Waals surface area contributed by atoms with E-state index in [1.54, 1.807) is 20.8 Å². The summed E-state index contributed by atoms with van der Waals surface area (Å²) in [4.78, 5) is 11.1. The summed E-state index contributed by atoms with van der Waals surface area (Å²) in [5, 5.41) is 0. The Morgan fingerprint density at radius 2 is 1.75 bits per heavy atom. The van der Waals surface area contributed by atoms with Crippen molar-refractivity contribution >= 4 is 16.0 Å². The molecular formula is C13H19NO5S. The Morgan fingerprint density at radius 1 is 1.20 bits per heavy atom. The van der Waals surface area contributed by atoms with Crippen molar-refractivity contribution in [2.75, 3.05) is 13.7 Å². The lowest BCUT2D eigenvalue weighted by Crippen LogP contribution is -2.40. The van der Waals surface area contributed by atoms with Gasteiger partial charge >= 0.3 is 5.97 Å². The van der Waals surface area contributed by atoms with Crippen molar-refractivity contribution < 1.29 is 22.7 Å². The fraction of sp³-hybridized carbons (Fsp3) is 0.462. The lowest BCUT2D eigenvalue weighted by Gasteiger charge is -2.20. The van der Waals surface area contributed by atoms with Gasteiger partial charge in [0.1, 0.15) is 5.75 Å². The van der Waals surface area contributed by atoms with E-state index in [2.05, 4.69) is 9.46 Å². The first-order valence-electron chi connectivity index (χ1n) is 5.98. The molecule has 0 saturated heterocycles. The van der Waals surface area contributed by atoms with Crippen LogP contribution in [0.5, 0.6) is 5.75 Å². The van der Waals surface area contributed by atoms with Crippen molar-refractivity contribution in [3.63, 3.8) is 0 Å². The minimum absolute atomic E-state index is 0.137. The van der Waals surface area contributed by atoms with Gasteiger partial charge in [-0.25, -0.2) is 17.9 Å². The van der Waals surface area contributed by atoms with Crippen LogP contribution in [0.1, 0.15) is 20.8 Å². The van der Waals surface area contributed by atoms with Crippen LogP contribution in [0.3, 0.4) is 0 Å². The lowest BCUT2D eigenvalue weighted by atomic mass is 10.1. The molecule has 7 heteroatoms. The summed E-state index contributed by atoms with van der Waals surface area (Å²) in [6.07, 6.45) is 0. The number of hydrogen-bond donors (Lipinski definition) is 1. The first-order chi connectivity index (χ1) is 9.14.